The number of hydrogen-bond donors (Lipinski definition) is 0. The number of para-hydroxylation sites is 3. The fourth-order valence-electron chi connectivity index (χ4n) is 10.3. The van der Waals surface area contributed by atoms with Crippen LogP contribution in [0.3, 0.4) is 0 Å². The molecule has 1 aliphatic rings. The molecule has 0 bridgehead atoms. The molecule has 0 fully saturated rings. The number of hydrogen-bond acceptors (Lipinski definition) is 2. The van der Waals surface area contributed by atoms with Gasteiger partial charge in [0.2, 0.25) is 5.69 Å². The summed E-state index contributed by atoms with van der Waals surface area (Å²) in [6, 6.07) is 65.3. The summed E-state index contributed by atoms with van der Waals surface area (Å²) in [7, 11) is 0. The summed E-state index contributed by atoms with van der Waals surface area (Å²) in [5.74, 6) is 0.488. The molecule has 8 heteroatoms. The molecule has 0 saturated heterocycles. The minimum absolute atomic E-state index is 0. The number of benzene rings is 8. The van der Waals surface area contributed by atoms with Gasteiger partial charge in [0.1, 0.15) is 23.1 Å². The van der Waals surface area contributed by atoms with E-state index in [-0.39, 0.29) is 42.7 Å². The van der Waals surface area contributed by atoms with Crippen LogP contribution >= 0.6 is 0 Å². The standard InChI is InChI=1S/C70H64F2N4O.Pt/c1-67(2,3)48-28-29-73-65(39-48)76-61-23-17-16-22-57(61)58-27-26-55(42-64(58)76)77-56-35-45(44-20-14-13-15-21-44)34-54(41-56)74-43-75(63-25-19-18-24-62(63)74)66-59(46-30-49(68(4,5)6)36-50(31-46)69(7,8)9)37-51(70(10,11)12)38-60(66)47-32-52(71)40-53(72)33-47;/h13-40H,1-12H3;/q;+2. The number of rotatable bonds is 8. The summed E-state index contributed by atoms with van der Waals surface area (Å²) in [4.78, 5) is 4.90. The molecule has 78 heavy (non-hydrogen) atoms. The summed E-state index contributed by atoms with van der Waals surface area (Å²) in [6.07, 6.45) is 1.88. The van der Waals surface area contributed by atoms with Gasteiger partial charge >= 0.3 is 27.1 Å². The Morgan fingerprint density at radius 2 is 1.04 bits per heavy atom. The van der Waals surface area contributed by atoms with Crippen molar-refractivity contribution in [3.05, 3.63) is 216 Å². The quantitative estimate of drug-likeness (QED) is 0.112. The summed E-state index contributed by atoms with van der Waals surface area (Å²) in [5, 5.41) is 2.13. The first-order valence-electron chi connectivity index (χ1n) is 26.5. The fourth-order valence-corrected chi connectivity index (χ4v) is 10.3. The van der Waals surface area contributed by atoms with E-state index < -0.39 is 11.6 Å². The minimum atomic E-state index is -0.654. The Labute approximate surface area is 472 Å². The van der Waals surface area contributed by atoms with Crippen LogP contribution in [-0.2, 0) is 42.7 Å². The number of halogens is 2. The molecule has 0 aliphatic carbocycles. The Balaban J connectivity index is 0.00000688. The van der Waals surface area contributed by atoms with Gasteiger partial charge in [-0.1, -0.05) is 184 Å². The van der Waals surface area contributed by atoms with E-state index in [9.17, 15) is 0 Å². The molecule has 0 spiro atoms. The zero-order chi connectivity index (χ0) is 54.3. The van der Waals surface area contributed by atoms with Crippen LogP contribution in [0.5, 0.6) is 11.5 Å². The van der Waals surface area contributed by atoms with Gasteiger partial charge in [0.05, 0.1) is 11.1 Å². The molecule has 11 rings (SSSR count). The van der Waals surface area contributed by atoms with E-state index in [1.807, 2.05) is 53.2 Å². The van der Waals surface area contributed by atoms with Crippen molar-refractivity contribution in [2.24, 2.45) is 0 Å². The van der Waals surface area contributed by atoms with Crippen molar-refractivity contribution in [1.29, 1.82) is 0 Å². The van der Waals surface area contributed by atoms with Crippen LogP contribution in [0.25, 0.3) is 61.0 Å². The molecule has 2 aromatic heterocycles. The second-order valence-corrected chi connectivity index (χ2v) is 24.6. The number of ether oxygens (including phenoxy) is 1. The van der Waals surface area contributed by atoms with Crippen molar-refractivity contribution in [3.63, 3.8) is 0 Å². The van der Waals surface area contributed by atoms with E-state index in [0.29, 0.717) is 28.3 Å². The maximum Gasteiger partial charge on any atom is 2.00 e. The zero-order valence-corrected chi connectivity index (χ0v) is 48.7. The molecular formula is C70H64F2N4OPt+2. The van der Waals surface area contributed by atoms with Gasteiger partial charge in [0, 0.05) is 41.4 Å². The topological polar surface area (TPSA) is 33.1 Å². The van der Waals surface area contributed by atoms with Crippen LogP contribution in [0.15, 0.2) is 170 Å². The third-order valence-electron chi connectivity index (χ3n) is 14.7. The van der Waals surface area contributed by atoms with Gasteiger partial charge in [-0.3, -0.25) is 0 Å². The van der Waals surface area contributed by atoms with Crippen molar-refractivity contribution in [3.8, 4) is 50.7 Å². The number of aromatic nitrogens is 2. The van der Waals surface area contributed by atoms with Gasteiger partial charge in [-0.25, -0.2) is 13.8 Å². The second-order valence-electron chi connectivity index (χ2n) is 24.6. The number of pyridine rings is 1. The zero-order valence-electron chi connectivity index (χ0n) is 46.4. The van der Waals surface area contributed by atoms with Gasteiger partial charge in [-0.15, -0.1) is 29.1 Å². The number of nitrogens with zero attached hydrogens (tertiary/aromatic N) is 4. The summed E-state index contributed by atoms with van der Waals surface area (Å²) >= 11 is 0. The second kappa shape index (κ2) is 20.0. The van der Waals surface area contributed by atoms with Crippen LogP contribution in [-0.4, -0.2) is 15.6 Å². The minimum Gasteiger partial charge on any atom is -0.509 e. The van der Waals surface area contributed by atoms with E-state index in [1.165, 1.54) is 28.8 Å². The van der Waals surface area contributed by atoms with Gasteiger partial charge in [0.25, 0.3) is 11.4 Å². The smallest absolute Gasteiger partial charge is 0.509 e. The maximum absolute atomic E-state index is 15.6. The van der Waals surface area contributed by atoms with Crippen molar-refractivity contribution in [2.75, 3.05) is 0 Å². The van der Waals surface area contributed by atoms with Crippen molar-refractivity contribution in [1.82, 2.24) is 18.7 Å². The van der Waals surface area contributed by atoms with Crippen molar-refractivity contribution < 1.29 is 34.6 Å². The molecule has 5 nitrogen and oxygen atoms in total. The predicted molar refractivity (Wildman–Crippen MR) is 315 cm³/mol. The van der Waals surface area contributed by atoms with Crippen molar-refractivity contribution >= 4 is 50.6 Å². The first-order chi connectivity index (χ1) is 36.5. The number of fused-ring (bicyclic) bond motifs is 4. The van der Waals surface area contributed by atoms with Gasteiger partial charge in [0.15, 0.2) is 0 Å². The monoisotopic (exact) mass is 1210 g/mol. The molecule has 0 radical (unpaired) electrons. The Morgan fingerprint density at radius 1 is 0.474 bits per heavy atom. The van der Waals surface area contributed by atoms with Crippen molar-refractivity contribution in [2.45, 2.75) is 105 Å². The molecule has 392 valence electrons. The SMILES string of the molecule is CC(C)(C)c1cc(-c2cc(C(C)(C)C)cc(-c3cc(F)cc(F)c3)c2[N+]2=C=[N+](c3[c-]c(Oc4[c-]c5c(cc4)c4ccccc4n5-c4cc(C(C)(C)C)ccn4)cc(-c4ccccc4)c3)c3ccccc32)cc(C(C)(C)C)c1.[Pt+2]. The van der Waals surface area contributed by atoms with Gasteiger partial charge < -0.3 is 9.30 Å². The molecule has 0 unspecified atom stereocenters. The fraction of sp³-hybridized carbons (Fsp3) is 0.229. The maximum atomic E-state index is 15.6. The molecule has 0 amide bonds. The molecule has 1 aliphatic heterocycles. The summed E-state index contributed by atoms with van der Waals surface area (Å²) in [6.45, 7) is 26.6. The van der Waals surface area contributed by atoms with Gasteiger partial charge in [-0.05, 0) is 113 Å². The third-order valence-corrected chi connectivity index (χ3v) is 14.7. The predicted octanol–water partition coefficient (Wildman–Crippen LogP) is 18.9. The molecule has 8 aromatic carbocycles. The van der Waals surface area contributed by atoms with E-state index >= 15 is 8.78 Å². The Bertz CT molecular complexity index is 4010. The Morgan fingerprint density at radius 3 is 1.67 bits per heavy atom. The van der Waals surface area contributed by atoms with E-state index in [4.69, 9.17) is 9.72 Å². The molecule has 3 heterocycles. The van der Waals surface area contributed by atoms with Crippen LogP contribution in [0.4, 0.5) is 31.5 Å². The van der Waals surface area contributed by atoms with E-state index in [2.05, 4.69) is 213 Å². The van der Waals surface area contributed by atoms with E-state index in [0.717, 1.165) is 78.6 Å². The average molecular weight is 1210 g/mol. The first kappa shape index (κ1) is 53.8. The van der Waals surface area contributed by atoms with Crippen LogP contribution in [0, 0.1) is 23.8 Å². The molecular weight excluding hydrogens is 1150 g/mol. The Kier molecular flexibility index (Phi) is 13.8. The van der Waals surface area contributed by atoms with Crippen LogP contribution in [0.1, 0.15) is 105 Å². The first-order valence-corrected chi connectivity index (χ1v) is 26.5. The summed E-state index contributed by atoms with van der Waals surface area (Å²) < 4.78 is 44.4. The van der Waals surface area contributed by atoms with Gasteiger partial charge in [-0.2, -0.15) is 6.07 Å². The molecule has 10 aromatic rings. The van der Waals surface area contributed by atoms with Crippen LogP contribution < -0.4 is 13.9 Å². The van der Waals surface area contributed by atoms with Crippen LogP contribution in [0.2, 0.25) is 0 Å². The Hall–Kier alpha value is -7.56. The average Bonchev–Trinajstić information content (AvgIpc) is 4.04. The molecule has 0 atom stereocenters. The van der Waals surface area contributed by atoms with E-state index in [1.54, 1.807) is 0 Å². The normalized spacial score (nSPS) is 12.8. The molecule has 0 saturated carbocycles. The molecule has 0 N–H and O–H groups in total. The summed E-state index contributed by atoms with van der Waals surface area (Å²) in [5.41, 5.74) is 13.6. The third kappa shape index (κ3) is 10.3. The largest absolute Gasteiger partial charge is 2.00 e.